The summed E-state index contributed by atoms with van der Waals surface area (Å²) in [6, 6.07) is 8.67. The van der Waals surface area contributed by atoms with Crippen LogP contribution in [0, 0.1) is 11.8 Å². The Labute approximate surface area is 133 Å². The number of ether oxygens (including phenoxy) is 3. The van der Waals surface area contributed by atoms with Crippen molar-refractivity contribution in [3.8, 4) is 0 Å². The monoisotopic (exact) mass is 318 g/mol. The van der Waals surface area contributed by atoms with Crippen LogP contribution in [0.15, 0.2) is 30.3 Å². The van der Waals surface area contributed by atoms with Gasteiger partial charge in [0.1, 0.15) is 18.0 Å². The standard InChI is InChI=1S/C17H18O6/c1-16-8-13(18)11-7-17(16,20)23-15(22-16)12(11)9-21-14(19)10-5-3-2-4-6-10/h2-6,11-12,15,20H,7-9H2,1H3/t11-,12-,15?,16+,17-/m1/s1. The van der Waals surface area contributed by atoms with Gasteiger partial charge in [0.15, 0.2) is 12.1 Å². The van der Waals surface area contributed by atoms with E-state index < -0.39 is 29.6 Å². The number of rotatable bonds is 3. The first-order valence-corrected chi connectivity index (χ1v) is 7.75. The maximum Gasteiger partial charge on any atom is 0.338 e. The Hall–Kier alpha value is -1.76. The Morgan fingerprint density at radius 1 is 1.35 bits per heavy atom. The molecule has 1 aliphatic carbocycles. The second-order valence-corrected chi connectivity index (χ2v) is 6.70. The molecule has 5 atom stereocenters. The highest BCUT2D eigenvalue weighted by molar-refractivity contribution is 5.89. The third-order valence-corrected chi connectivity index (χ3v) is 5.22. The molecule has 3 bridgehead atoms. The van der Waals surface area contributed by atoms with E-state index >= 15 is 0 Å². The summed E-state index contributed by atoms with van der Waals surface area (Å²) >= 11 is 0. The first-order valence-electron chi connectivity index (χ1n) is 7.75. The molecule has 23 heavy (non-hydrogen) atoms. The zero-order chi connectivity index (χ0) is 16.2. The lowest BCUT2D eigenvalue weighted by Crippen LogP contribution is -2.59. The number of hydrogen-bond acceptors (Lipinski definition) is 6. The van der Waals surface area contributed by atoms with E-state index in [0.29, 0.717) is 5.56 Å². The van der Waals surface area contributed by atoms with Crippen LogP contribution in [0.4, 0.5) is 0 Å². The number of esters is 1. The third-order valence-electron chi connectivity index (χ3n) is 5.22. The van der Waals surface area contributed by atoms with E-state index in [2.05, 4.69) is 0 Å². The summed E-state index contributed by atoms with van der Waals surface area (Å²) in [4.78, 5) is 24.4. The average molecular weight is 318 g/mol. The molecular formula is C17H18O6. The first-order chi connectivity index (χ1) is 10.9. The Bertz CT molecular complexity index is 658. The van der Waals surface area contributed by atoms with Crippen LogP contribution in [-0.4, -0.2) is 41.1 Å². The van der Waals surface area contributed by atoms with Crippen molar-refractivity contribution in [3.63, 3.8) is 0 Å². The molecule has 122 valence electrons. The number of carbonyl (C=O) groups is 2. The molecule has 1 saturated carbocycles. The van der Waals surface area contributed by atoms with Crippen LogP contribution in [0.3, 0.4) is 0 Å². The van der Waals surface area contributed by atoms with Gasteiger partial charge in [0.25, 0.3) is 0 Å². The van der Waals surface area contributed by atoms with E-state index in [4.69, 9.17) is 14.2 Å². The molecule has 1 unspecified atom stereocenters. The summed E-state index contributed by atoms with van der Waals surface area (Å²) in [5.74, 6) is -2.63. The molecule has 2 heterocycles. The summed E-state index contributed by atoms with van der Waals surface area (Å²) < 4.78 is 16.8. The van der Waals surface area contributed by atoms with E-state index in [1.54, 1.807) is 31.2 Å². The molecule has 1 aromatic carbocycles. The number of aliphatic hydroxyl groups is 1. The Morgan fingerprint density at radius 2 is 2.09 bits per heavy atom. The van der Waals surface area contributed by atoms with Gasteiger partial charge >= 0.3 is 5.97 Å². The fourth-order valence-corrected chi connectivity index (χ4v) is 3.79. The number of benzene rings is 1. The number of hydrogen-bond donors (Lipinski definition) is 1. The van der Waals surface area contributed by atoms with Crippen LogP contribution in [0.1, 0.15) is 30.1 Å². The predicted octanol–water partition coefficient (Wildman–Crippen LogP) is 1.27. The number of carbonyl (C=O) groups excluding carboxylic acids is 2. The lowest BCUT2D eigenvalue weighted by Gasteiger charge is -2.44. The van der Waals surface area contributed by atoms with Gasteiger partial charge in [-0.1, -0.05) is 18.2 Å². The smallest absolute Gasteiger partial charge is 0.338 e. The highest BCUT2D eigenvalue weighted by Gasteiger charge is 2.69. The summed E-state index contributed by atoms with van der Waals surface area (Å²) in [6.45, 7) is 1.72. The van der Waals surface area contributed by atoms with Crippen molar-refractivity contribution in [1.29, 1.82) is 0 Å². The van der Waals surface area contributed by atoms with Gasteiger partial charge in [-0.05, 0) is 19.1 Å². The molecule has 0 amide bonds. The van der Waals surface area contributed by atoms with Gasteiger partial charge in [0.05, 0.1) is 11.5 Å². The van der Waals surface area contributed by atoms with E-state index in [1.165, 1.54) is 0 Å². The highest BCUT2D eigenvalue weighted by Crippen LogP contribution is 2.56. The second-order valence-electron chi connectivity index (χ2n) is 6.70. The molecule has 3 fully saturated rings. The first kappa shape index (κ1) is 14.8. The van der Waals surface area contributed by atoms with Crippen LogP contribution >= 0.6 is 0 Å². The normalized spacial score (nSPS) is 41.1. The van der Waals surface area contributed by atoms with Crippen LogP contribution in [0.5, 0.6) is 0 Å². The molecule has 0 aromatic heterocycles. The molecule has 6 nitrogen and oxygen atoms in total. The van der Waals surface area contributed by atoms with Crippen molar-refractivity contribution in [3.05, 3.63) is 35.9 Å². The maximum atomic E-state index is 12.3. The summed E-state index contributed by atoms with van der Waals surface area (Å²) in [5.41, 5.74) is -0.556. The van der Waals surface area contributed by atoms with E-state index in [0.717, 1.165) is 0 Å². The van der Waals surface area contributed by atoms with Gasteiger partial charge in [-0.2, -0.15) is 0 Å². The molecule has 3 aliphatic rings. The lowest BCUT2D eigenvalue weighted by molar-refractivity contribution is -0.271. The molecule has 0 spiro atoms. The molecule has 2 aliphatic heterocycles. The summed E-state index contributed by atoms with van der Waals surface area (Å²) in [6.07, 6.45) is -0.418. The number of Topliss-reactive ketones (excluding diaryl/α,β-unsaturated/α-hetero) is 1. The molecule has 4 rings (SSSR count). The Kier molecular flexibility index (Phi) is 3.13. The van der Waals surface area contributed by atoms with Crippen molar-refractivity contribution in [2.24, 2.45) is 11.8 Å². The molecule has 2 saturated heterocycles. The quantitative estimate of drug-likeness (QED) is 0.845. The maximum absolute atomic E-state index is 12.3. The van der Waals surface area contributed by atoms with Crippen LogP contribution in [0.25, 0.3) is 0 Å². The van der Waals surface area contributed by atoms with Crippen molar-refractivity contribution < 1.29 is 28.9 Å². The largest absolute Gasteiger partial charge is 0.462 e. The minimum Gasteiger partial charge on any atom is -0.462 e. The van der Waals surface area contributed by atoms with Crippen molar-refractivity contribution >= 4 is 11.8 Å². The topological polar surface area (TPSA) is 82.1 Å². The summed E-state index contributed by atoms with van der Waals surface area (Å²) in [5, 5.41) is 10.6. The zero-order valence-electron chi connectivity index (χ0n) is 12.7. The van der Waals surface area contributed by atoms with Gasteiger partial charge in [-0.25, -0.2) is 4.79 Å². The van der Waals surface area contributed by atoms with Gasteiger partial charge in [-0.3, -0.25) is 4.79 Å². The van der Waals surface area contributed by atoms with Gasteiger partial charge in [-0.15, -0.1) is 0 Å². The number of ketones is 1. The SMILES string of the molecule is C[C@]12CC(=O)[C@@H]3C[C@@]1(O)OC(O2)[C@@H]3COC(=O)c1ccccc1. The molecular weight excluding hydrogens is 300 g/mol. The van der Waals surface area contributed by atoms with E-state index in [9.17, 15) is 14.7 Å². The third kappa shape index (κ3) is 2.13. The molecule has 6 heteroatoms. The van der Waals surface area contributed by atoms with Crippen LogP contribution < -0.4 is 0 Å². The van der Waals surface area contributed by atoms with Gasteiger partial charge in [0, 0.05) is 18.8 Å². The fourth-order valence-electron chi connectivity index (χ4n) is 3.79. The predicted molar refractivity (Wildman–Crippen MR) is 77.3 cm³/mol. The Morgan fingerprint density at radius 3 is 2.83 bits per heavy atom. The molecule has 1 aromatic rings. The lowest BCUT2D eigenvalue weighted by atomic mass is 9.70. The van der Waals surface area contributed by atoms with E-state index in [-0.39, 0.29) is 31.1 Å². The zero-order valence-corrected chi connectivity index (χ0v) is 12.7. The highest BCUT2D eigenvalue weighted by atomic mass is 16.8. The summed E-state index contributed by atoms with van der Waals surface area (Å²) in [7, 11) is 0. The van der Waals surface area contributed by atoms with Crippen LogP contribution in [0.2, 0.25) is 0 Å². The van der Waals surface area contributed by atoms with E-state index in [1.807, 2.05) is 6.07 Å². The van der Waals surface area contributed by atoms with Crippen LogP contribution in [-0.2, 0) is 19.0 Å². The molecule has 0 radical (unpaired) electrons. The fraction of sp³-hybridized carbons (Fsp3) is 0.529. The minimum absolute atomic E-state index is 0.0287. The van der Waals surface area contributed by atoms with Gasteiger partial charge in [0.2, 0.25) is 0 Å². The van der Waals surface area contributed by atoms with Crippen molar-refractivity contribution in [1.82, 2.24) is 0 Å². The second kappa shape index (κ2) is 4.87. The molecule has 1 N–H and O–H groups in total. The van der Waals surface area contributed by atoms with Gasteiger partial charge < -0.3 is 19.3 Å². The Balaban J connectivity index is 1.50. The minimum atomic E-state index is -1.42. The van der Waals surface area contributed by atoms with Crippen molar-refractivity contribution in [2.45, 2.75) is 37.4 Å². The average Bonchev–Trinajstić information content (AvgIpc) is 2.69. The number of fused-ring (bicyclic) bond motifs is 2. The van der Waals surface area contributed by atoms with Crippen molar-refractivity contribution in [2.75, 3.05) is 6.61 Å².